The molecule has 7 heteroatoms. The first-order chi connectivity index (χ1) is 9.42. The van der Waals surface area contributed by atoms with Crippen LogP contribution in [0.25, 0.3) is 0 Å². The van der Waals surface area contributed by atoms with Gasteiger partial charge in [-0.3, -0.25) is 4.72 Å². The van der Waals surface area contributed by atoms with Crippen molar-refractivity contribution in [2.75, 3.05) is 4.72 Å². The van der Waals surface area contributed by atoms with E-state index in [9.17, 15) is 8.42 Å². The Kier molecular flexibility index (Phi) is 4.06. The van der Waals surface area contributed by atoms with Crippen molar-refractivity contribution in [1.29, 1.82) is 5.26 Å². The number of rotatable bonds is 3. The van der Waals surface area contributed by atoms with E-state index in [0.717, 1.165) is 0 Å². The van der Waals surface area contributed by atoms with E-state index in [1.807, 2.05) is 6.07 Å². The summed E-state index contributed by atoms with van der Waals surface area (Å²) in [5, 5.41) is 8.86. The normalized spacial score (nSPS) is 10.8. The van der Waals surface area contributed by atoms with Crippen molar-refractivity contribution in [1.82, 2.24) is 4.98 Å². The van der Waals surface area contributed by atoms with Gasteiger partial charge in [-0.25, -0.2) is 13.4 Å². The number of sulfonamides is 1. The average Bonchev–Trinajstić information content (AvgIpc) is 2.38. The highest BCUT2D eigenvalue weighted by molar-refractivity contribution is 9.10. The van der Waals surface area contributed by atoms with Gasteiger partial charge in [-0.1, -0.05) is 22.0 Å². The summed E-state index contributed by atoms with van der Waals surface area (Å²) in [4.78, 5) is 4.01. The van der Waals surface area contributed by atoms with Crippen LogP contribution in [0.15, 0.2) is 45.9 Å². The van der Waals surface area contributed by atoms with Crippen LogP contribution in [-0.4, -0.2) is 13.4 Å². The minimum Gasteiger partial charge on any atom is -0.263 e. The summed E-state index contributed by atoms with van der Waals surface area (Å²) in [6.45, 7) is 1.67. The monoisotopic (exact) mass is 351 g/mol. The zero-order valence-electron chi connectivity index (χ0n) is 10.5. The Balaban J connectivity index is 2.43. The minimum absolute atomic E-state index is 0.0679. The van der Waals surface area contributed by atoms with Gasteiger partial charge in [-0.2, -0.15) is 5.26 Å². The van der Waals surface area contributed by atoms with Crippen molar-refractivity contribution >= 4 is 31.8 Å². The number of nitriles is 1. The number of aryl methyl sites for hydroxylation is 1. The van der Waals surface area contributed by atoms with Gasteiger partial charge in [0.1, 0.15) is 5.82 Å². The van der Waals surface area contributed by atoms with Crippen LogP contribution in [0.2, 0.25) is 0 Å². The largest absolute Gasteiger partial charge is 0.263 e. The SMILES string of the molecule is Cc1ccc(C#N)cc1S(=O)(=O)Nc1cc(Br)ccn1. The van der Waals surface area contributed by atoms with Crippen LogP contribution in [0, 0.1) is 18.3 Å². The molecule has 0 amide bonds. The number of hydrogen-bond acceptors (Lipinski definition) is 4. The number of halogens is 1. The minimum atomic E-state index is -3.78. The molecule has 0 saturated heterocycles. The van der Waals surface area contributed by atoms with Gasteiger partial charge < -0.3 is 0 Å². The third-order valence-electron chi connectivity index (χ3n) is 2.57. The highest BCUT2D eigenvalue weighted by atomic mass is 79.9. The summed E-state index contributed by atoms with van der Waals surface area (Å²) in [7, 11) is -3.78. The van der Waals surface area contributed by atoms with Crippen molar-refractivity contribution in [2.45, 2.75) is 11.8 Å². The van der Waals surface area contributed by atoms with Crippen molar-refractivity contribution in [3.05, 3.63) is 52.1 Å². The van der Waals surface area contributed by atoms with Crippen LogP contribution in [-0.2, 0) is 10.0 Å². The fourth-order valence-corrected chi connectivity index (χ4v) is 3.22. The van der Waals surface area contributed by atoms with E-state index in [-0.39, 0.29) is 16.3 Å². The first kappa shape index (κ1) is 14.5. The molecule has 0 bridgehead atoms. The number of aromatic nitrogens is 1. The molecule has 0 fully saturated rings. The molecule has 0 aliphatic rings. The Bertz CT molecular complexity index is 798. The number of anilines is 1. The molecular formula is C13H10BrN3O2S. The van der Waals surface area contributed by atoms with Crippen LogP contribution >= 0.6 is 15.9 Å². The number of nitrogens with zero attached hydrogens (tertiary/aromatic N) is 2. The Labute approximate surface area is 125 Å². The fraction of sp³-hybridized carbons (Fsp3) is 0.0769. The lowest BCUT2D eigenvalue weighted by Gasteiger charge is -2.10. The van der Waals surface area contributed by atoms with Crippen LogP contribution in [0.3, 0.4) is 0 Å². The molecule has 2 aromatic rings. The second-order valence-corrected chi connectivity index (χ2v) is 6.62. The van der Waals surface area contributed by atoms with Gasteiger partial charge in [0, 0.05) is 10.7 Å². The smallest absolute Gasteiger partial charge is 0.263 e. The molecule has 1 aromatic carbocycles. The van der Waals surface area contributed by atoms with Crippen molar-refractivity contribution in [3.8, 4) is 6.07 Å². The fourth-order valence-electron chi connectivity index (χ4n) is 1.61. The maximum atomic E-state index is 12.3. The standard InChI is InChI=1S/C13H10BrN3O2S/c1-9-2-3-10(8-15)6-12(9)20(18,19)17-13-7-11(14)4-5-16-13/h2-7H,1H3,(H,16,17). The van der Waals surface area contributed by atoms with Gasteiger partial charge in [0.25, 0.3) is 10.0 Å². The molecule has 0 radical (unpaired) electrons. The van der Waals surface area contributed by atoms with Crippen molar-refractivity contribution in [3.63, 3.8) is 0 Å². The number of nitrogens with one attached hydrogen (secondary N) is 1. The zero-order chi connectivity index (χ0) is 14.8. The third kappa shape index (κ3) is 3.15. The number of benzene rings is 1. The molecule has 102 valence electrons. The van der Waals surface area contributed by atoms with Gasteiger partial charge >= 0.3 is 0 Å². The van der Waals surface area contributed by atoms with E-state index in [2.05, 4.69) is 25.6 Å². The molecule has 2 rings (SSSR count). The summed E-state index contributed by atoms with van der Waals surface area (Å²) < 4.78 is 27.8. The molecule has 20 heavy (non-hydrogen) atoms. The summed E-state index contributed by atoms with van der Waals surface area (Å²) in [6.07, 6.45) is 1.49. The van der Waals surface area contributed by atoms with Crippen molar-refractivity contribution in [2.24, 2.45) is 0 Å². The predicted molar refractivity (Wildman–Crippen MR) is 78.6 cm³/mol. The molecule has 5 nitrogen and oxygen atoms in total. The van der Waals surface area contributed by atoms with Gasteiger partial charge in [-0.15, -0.1) is 0 Å². The molecule has 0 aliphatic carbocycles. The molecule has 0 atom stereocenters. The van der Waals surface area contributed by atoms with E-state index >= 15 is 0 Å². The number of pyridine rings is 1. The second kappa shape index (κ2) is 5.61. The molecule has 1 heterocycles. The third-order valence-corrected chi connectivity index (χ3v) is 4.56. The number of hydrogen-bond donors (Lipinski definition) is 1. The van der Waals surface area contributed by atoms with E-state index in [1.165, 1.54) is 12.3 Å². The summed E-state index contributed by atoms with van der Waals surface area (Å²) in [6, 6.07) is 9.69. The van der Waals surface area contributed by atoms with Crippen molar-refractivity contribution < 1.29 is 8.42 Å². The molecule has 1 N–H and O–H groups in total. The Morgan fingerprint density at radius 1 is 1.30 bits per heavy atom. The van der Waals surface area contributed by atoms with E-state index < -0.39 is 10.0 Å². The summed E-state index contributed by atoms with van der Waals surface area (Å²) in [5.41, 5.74) is 0.852. The lowest BCUT2D eigenvalue weighted by Crippen LogP contribution is -2.15. The Hall–Kier alpha value is -1.91. The summed E-state index contributed by atoms with van der Waals surface area (Å²) in [5.74, 6) is 0.209. The molecule has 0 saturated carbocycles. The van der Waals surface area contributed by atoms with Gasteiger partial charge in [0.05, 0.1) is 16.5 Å². The lowest BCUT2D eigenvalue weighted by atomic mass is 10.2. The van der Waals surface area contributed by atoms with Gasteiger partial charge in [0.2, 0.25) is 0 Å². The maximum Gasteiger partial charge on any atom is 0.263 e. The van der Waals surface area contributed by atoms with E-state index in [0.29, 0.717) is 10.0 Å². The van der Waals surface area contributed by atoms with E-state index in [4.69, 9.17) is 5.26 Å². The zero-order valence-corrected chi connectivity index (χ0v) is 12.9. The van der Waals surface area contributed by atoms with Crippen LogP contribution in [0.5, 0.6) is 0 Å². The van der Waals surface area contributed by atoms with E-state index in [1.54, 1.807) is 31.2 Å². The van der Waals surface area contributed by atoms with Gasteiger partial charge in [-0.05, 0) is 36.8 Å². The highest BCUT2D eigenvalue weighted by Crippen LogP contribution is 2.21. The molecule has 0 aliphatic heterocycles. The second-order valence-electron chi connectivity index (χ2n) is 4.06. The van der Waals surface area contributed by atoms with Gasteiger partial charge in [0.15, 0.2) is 0 Å². The highest BCUT2D eigenvalue weighted by Gasteiger charge is 2.18. The topological polar surface area (TPSA) is 82.8 Å². The average molecular weight is 352 g/mol. The first-order valence-corrected chi connectivity index (χ1v) is 7.85. The lowest BCUT2D eigenvalue weighted by molar-refractivity contribution is 0.600. The van der Waals surface area contributed by atoms with Crippen LogP contribution in [0.1, 0.15) is 11.1 Å². The Morgan fingerprint density at radius 2 is 2.05 bits per heavy atom. The summed E-state index contributed by atoms with van der Waals surface area (Å²) >= 11 is 3.25. The molecule has 1 aromatic heterocycles. The quantitative estimate of drug-likeness (QED) is 0.921. The predicted octanol–water partition coefficient (Wildman–Crippen LogP) is 2.83. The Morgan fingerprint density at radius 3 is 2.70 bits per heavy atom. The molecule has 0 unspecified atom stereocenters. The first-order valence-electron chi connectivity index (χ1n) is 5.57. The molecular weight excluding hydrogens is 342 g/mol. The van der Waals surface area contributed by atoms with Crippen LogP contribution < -0.4 is 4.72 Å². The van der Waals surface area contributed by atoms with Crippen LogP contribution in [0.4, 0.5) is 5.82 Å². The maximum absolute atomic E-state index is 12.3. The molecule has 0 spiro atoms.